The molecule has 3 N–H and O–H groups in total. The molecule has 0 saturated carbocycles. The molecule has 0 amide bonds. The van der Waals surface area contributed by atoms with E-state index < -0.39 is 10.8 Å². The molecule has 0 spiro atoms. The van der Waals surface area contributed by atoms with Gasteiger partial charge in [-0.25, -0.2) is 4.39 Å². The monoisotopic (exact) mass is 380 g/mol. The van der Waals surface area contributed by atoms with Crippen molar-refractivity contribution in [2.45, 2.75) is 38.9 Å². The van der Waals surface area contributed by atoms with Gasteiger partial charge in [0, 0.05) is 51.5 Å². The average molecular weight is 381 g/mol. The maximum Gasteiger partial charge on any atom is 0.191 e. The highest BCUT2D eigenvalue weighted by Gasteiger charge is 2.18. The zero-order valence-corrected chi connectivity index (χ0v) is 16.8. The van der Waals surface area contributed by atoms with Gasteiger partial charge in [0.2, 0.25) is 0 Å². The van der Waals surface area contributed by atoms with E-state index in [0.717, 1.165) is 35.4 Å². The topological polar surface area (TPSA) is 69.3 Å². The van der Waals surface area contributed by atoms with E-state index in [0.29, 0.717) is 18.8 Å². The number of rotatable bonds is 7. The summed E-state index contributed by atoms with van der Waals surface area (Å²) in [4.78, 5) is 7.61. The summed E-state index contributed by atoms with van der Waals surface area (Å²) in [6.45, 7) is 9.93. The third-order valence-electron chi connectivity index (χ3n) is 3.99. The Bertz CT molecular complexity index is 779. The number of aromatic amines is 1. The first-order chi connectivity index (χ1) is 12.3. The Morgan fingerprint density at radius 1 is 1.31 bits per heavy atom. The third-order valence-corrected chi connectivity index (χ3v) is 5.91. The molecule has 0 aliphatic rings. The third kappa shape index (κ3) is 5.83. The second-order valence-corrected chi connectivity index (χ2v) is 9.43. The highest BCUT2D eigenvalue weighted by Crippen LogP contribution is 2.19. The molecular formula is C19H29FN4OS. The number of fused-ring (bicyclic) bond motifs is 1. The van der Waals surface area contributed by atoms with E-state index >= 15 is 0 Å². The van der Waals surface area contributed by atoms with Crippen LogP contribution in [0.1, 0.15) is 33.3 Å². The zero-order chi connectivity index (χ0) is 19.2. The minimum Gasteiger partial charge on any atom is -0.361 e. The van der Waals surface area contributed by atoms with Crippen LogP contribution in [0, 0.1) is 5.82 Å². The van der Waals surface area contributed by atoms with Crippen LogP contribution in [0.4, 0.5) is 4.39 Å². The predicted octanol–water partition coefficient (Wildman–Crippen LogP) is 2.95. The van der Waals surface area contributed by atoms with Gasteiger partial charge in [0.15, 0.2) is 5.96 Å². The van der Waals surface area contributed by atoms with Gasteiger partial charge in [-0.2, -0.15) is 0 Å². The number of aliphatic imine (C=N–C) groups is 1. The fourth-order valence-corrected chi connectivity index (χ4v) is 3.44. The number of nitrogens with zero attached hydrogens (tertiary/aromatic N) is 1. The fourth-order valence-electron chi connectivity index (χ4n) is 2.57. The molecule has 5 nitrogen and oxygen atoms in total. The van der Waals surface area contributed by atoms with Gasteiger partial charge in [0.1, 0.15) is 5.82 Å². The van der Waals surface area contributed by atoms with Crippen LogP contribution in [0.3, 0.4) is 0 Å². The molecule has 7 heteroatoms. The first-order valence-corrected chi connectivity index (χ1v) is 10.3. The molecule has 144 valence electrons. The number of H-pyrrole nitrogens is 1. The summed E-state index contributed by atoms with van der Waals surface area (Å²) in [7, 11) is -0.903. The molecule has 1 aromatic carbocycles. The Balaban J connectivity index is 1.89. The largest absolute Gasteiger partial charge is 0.361 e. The molecule has 1 atom stereocenters. The maximum atomic E-state index is 13.3. The highest BCUT2D eigenvalue weighted by atomic mass is 32.2. The first-order valence-electron chi connectivity index (χ1n) is 8.97. The normalized spacial score (nSPS) is 13.8. The Hall–Kier alpha value is -1.89. The van der Waals surface area contributed by atoms with Gasteiger partial charge in [-0.05, 0) is 57.9 Å². The second-order valence-electron chi connectivity index (χ2n) is 7.10. The zero-order valence-electron chi connectivity index (χ0n) is 16.0. The molecule has 0 aliphatic carbocycles. The minimum absolute atomic E-state index is 0.212. The summed E-state index contributed by atoms with van der Waals surface area (Å²) in [5, 5.41) is 7.54. The maximum absolute atomic E-state index is 13.3. The lowest BCUT2D eigenvalue weighted by atomic mass is 10.1. The molecule has 0 radical (unpaired) electrons. The Labute approximate surface area is 157 Å². The lowest BCUT2D eigenvalue weighted by Crippen LogP contribution is -2.38. The lowest BCUT2D eigenvalue weighted by molar-refractivity contribution is 0.629. The van der Waals surface area contributed by atoms with Gasteiger partial charge in [0.05, 0.1) is 6.54 Å². The standard InChI is InChI=1S/C19H29FN4OS/c1-5-21-18(23-10-11-26(25)19(2,3)4)22-9-8-14-13-24-17-12-15(20)6-7-16(14)17/h6-7,12-13,24H,5,8-11H2,1-4H3,(H2,21,22,23). The van der Waals surface area contributed by atoms with Crippen LogP contribution < -0.4 is 10.6 Å². The molecule has 0 aliphatic heterocycles. The van der Waals surface area contributed by atoms with Crippen LogP contribution in [0.2, 0.25) is 0 Å². The van der Waals surface area contributed by atoms with E-state index in [2.05, 4.69) is 20.6 Å². The lowest BCUT2D eigenvalue weighted by Gasteiger charge is -2.17. The molecule has 1 heterocycles. The van der Waals surface area contributed by atoms with Gasteiger partial charge < -0.3 is 15.6 Å². The summed E-state index contributed by atoms with van der Waals surface area (Å²) in [6.07, 6.45) is 2.71. The van der Waals surface area contributed by atoms with E-state index in [-0.39, 0.29) is 10.6 Å². The first kappa shape index (κ1) is 20.4. The highest BCUT2D eigenvalue weighted by molar-refractivity contribution is 7.86. The van der Waals surface area contributed by atoms with Crippen molar-refractivity contribution in [2.75, 3.05) is 25.4 Å². The van der Waals surface area contributed by atoms with Crippen molar-refractivity contribution >= 4 is 27.7 Å². The molecule has 0 fully saturated rings. The molecule has 1 unspecified atom stereocenters. The molecule has 2 aromatic rings. The van der Waals surface area contributed by atoms with Gasteiger partial charge in [-0.3, -0.25) is 9.20 Å². The Morgan fingerprint density at radius 2 is 2.08 bits per heavy atom. The smallest absolute Gasteiger partial charge is 0.191 e. The van der Waals surface area contributed by atoms with Crippen molar-refractivity contribution in [3.63, 3.8) is 0 Å². The van der Waals surface area contributed by atoms with Crippen molar-refractivity contribution in [3.8, 4) is 0 Å². The summed E-state index contributed by atoms with van der Waals surface area (Å²) < 4.78 is 25.1. The SMILES string of the molecule is CCNC(=NCCS(=O)C(C)(C)C)NCCc1c[nH]c2cc(F)ccc12. The van der Waals surface area contributed by atoms with Crippen molar-refractivity contribution in [3.05, 3.63) is 35.8 Å². The molecule has 0 bridgehead atoms. The molecule has 0 saturated heterocycles. The van der Waals surface area contributed by atoms with Gasteiger partial charge in [-0.15, -0.1) is 0 Å². The average Bonchev–Trinajstić information content (AvgIpc) is 2.96. The predicted molar refractivity (Wildman–Crippen MR) is 109 cm³/mol. The molecular weight excluding hydrogens is 351 g/mol. The number of hydrogen-bond donors (Lipinski definition) is 3. The minimum atomic E-state index is -0.903. The number of guanidine groups is 1. The molecule has 26 heavy (non-hydrogen) atoms. The van der Waals surface area contributed by atoms with E-state index in [9.17, 15) is 8.60 Å². The van der Waals surface area contributed by atoms with Crippen molar-refractivity contribution in [1.82, 2.24) is 15.6 Å². The number of nitrogens with one attached hydrogen (secondary N) is 3. The number of hydrogen-bond acceptors (Lipinski definition) is 2. The van der Waals surface area contributed by atoms with Gasteiger partial charge in [-0.1, -0.05) is 0 Å². The van der Waals surface area contributed by atoms with E-state index in [1.165, 1.54) is 12.1 Å². The second kappa shape index (κ2) is 9.16. The number of aromatic nitrogens is 1. The van der Waals surface area contributed by atoms with Crippen molar-refractivity contribution < 1.29 is 8.60 Å². The van der Waals surface area contributed by atoms with Crippen molar-refractivity contribution in [1.29, 1.82) is 0 Å². The van der Waals surface area contributed by atoms with Crippen LogP contribution in [-0.4, -0.2) is 45.3 Å². The number of benzene rings is 1. The summed E-state index contributed by atoms with van der Waals surface area (Å²) in [5.41, 5.74) is 1.95. The van der Waals surface area contributed by atoms with E-state index in [1.807, 2.05) is 33.9 Å². The van der Waals surface area contributed by atoms with Gasteiger partial charge >= 0.3 is 0 Å². The summed E-state index contributed by atoms with van der Waals surface area (Å²) in [5.74, 6) is 1.04. The van der Waals surface area contributed by atoms with Gasteiger partial charge in [0.25, 0.3) is 0 Å². The number of halogens is 1. The van der Waals surface area contributed by atoms with E-state index in [4.69, 9.17) is 0 Å². The van der Waals surface area contributed by atoms with E-state index in [1.54, 1.807) is 6.07 Å². The van der Waals surface area contributed by atoms with Crippen LogP contribution in [-0.2, 0) is 17.2 Å². The van der Waals surface area contributed by atoms with Crippen LogP contribution >= 0.6 is 0 Å². The molecule has 2 rings (SSSR count). The Kier molecular flexibility index (Phi) is 7.20. The van der Waals surface area contributed by atoms with Crippen LogP contribution in [0.15, 0.2) is 29.4 Å². The summed E-state index contributed by atoms with van der Waals surface area (Å²) in [6, 6.07) is 4.79. The Morgan fingerprint density at radius 3 is 2.77 bits per heavy atom. The molecule has 1 aromatic heterocycles. The fraction of sp³-hybridized carbons (Fsp3) is 0.526. The van der Waals surface area contributed by atoms with Crippen LogP contribution in [0.25, 0.3) is 10.9 Å². The summed E-state index contributed by atoms with van der Waals surface area (Å²) >= 11 is 0. The van der Waals surface area contributed by atoms with Crippen molar-refractivity contribution in [2.24, 2.45) is 4.99 Å². The van der Waals surface area contributed by atoms with Crippen LogP contribution in [0.5, 0.6) is 0 Å². The quantitative estimate of drug-likeness (QED) is 0.511.